The zero-order valence-corrected chi connectivity index (χ0v) is 5.91. The first-order valence-electron chi connectivity index (χ1n) is 3.66. The van der Waals surface area contributed by atoms with E-state index in [1.54, 1.807) is 0 Å². The molecule has 2 aliphatic rings. The summed E-state index contributed by atoms with van der Waals surface area (Å²) in [5.74, 6) is -1.25. The number of cyclic esters (lactones) is 2. The first-order chi connectivity index (χ1) is 5.29. The van der Waals surface area contributed by atoms with Crippen molar-refractivity contribution in [2.24, 2.45) is 5.92 Å². The summed E-state index contributed by atoms with van der Waals surface area (Å²) in [6.45, 7) is 0.559. The average Bonchev–Trinajstić information content (AvgIpc) is 2.30. The summed E-state index contributed by atoms with van der Waals surface area (Å²) in [5, 5.41) is 0. The number of esters is 2. The minimum absolute atomic E-state index is 0.323. The number of hydrogen-bond donors (Lipinski definition) is 0. The molecular weight excluding hydrogens is 148 g/mol. The van der Waals surface area contributed by atoms with Crippen LogP contribution in [0.1, 0.15) is 12.8 Å². The highest BCUT2D eigenvalue weighted by molar-refractivity contribution is 5.98. The van der Waals surface area contributed by atoms with Crippen molar-refractivity contribution < 1.29 is 19.1 Å². The van der Waals surface area contributed by atoms with Crippen LogP contribution in [-0.2, 0) is 19.1 Å². The molecule has 11 heavy (non-hydrogen) atoms. The summed E-state index contributed by atoms with van der Waals surface area (Å²) < 4.78 is 9.49. The van der Waals surface area contributed by atoms with Gasteiger partial charge < -0.3 is 9.47 Å². The van der Waals surface area contributed by atoms with E-state index in [0.29, 0.717) is 6.61 Å². The quantitative estimate of drug-likeness (QED) is 0.362. The van der Waals surface area contributed by atoms with Crippen molar-refractivity contribution >= 4 is 11.9 Å². The van der Waals surface area contributed by atoms with E-state index in [0.717, 1.165) is 12.8 Å². The number of carbonyl (C=O) groups is 2. The van der Waals surface area contributed by atoms with Crippen molar-refractivity contribution in [3.05, 3.63) is 0 Å². The van der Waals surface area contributed by atoms with Gasteiger partial charge >= 0.3 is 11.9 Å². The minimum atomic E-state index is -0.601. The second-order valence-electron chi connectivity index (χ2n) is 2.78. The van der Waals surface area contributed by atoms with Gasteiger partial charge in [-0.2, -0.15) is 0 Å². The third kappa shape index (κ3) is 0.939. The Morgan fingerprint density at radius 1 is 1.27 bits per heavy atom. The van der Waals surface area contributed by atoms with E-state index in [2.05, 4.69) is 4.74 Å². The van der Waals surface area contributed by atoms with Crippen molar-refractivity contribution in [1.82, 2.24) is 0 Å². The highest BCUT2D eigenvalue weighted by Crippen LogP contribution is 2.28. The lowest BCUT2D eigenvalue weighted by atomic mass is 9.97. The fraction of sp³-hybridized carbons (Fsp3) is 0.714. The summed E-state index contributed by atoms with van der Waals surface area (Å²) in [6, 6.07) is 0. The van der Waals surface area contributed by atoms with Crippen LogP contribution in [0.15, 0.2) is 0 Å². The van der Waals surface area contributed by atoms with Crippen LogP contribution in [0.2, 0.25) is 0 Å². The van der Waals surface area contributed by atoms with Crippen LogP contribution in [0.3, 0.4) is 0 Å². The maximum atomic E-state index is 10.9. The van der Waals surface area contributed by atoms with Crippen LogP contribution in [0, 0.1) is 5.92 Å². The lowest BCUT2D eigenvalue weighted by Crippen LogP contribution is -2.31. The molecule has 0 bridgehead atoms. The van der Waals surface area contributed by atoms with E-state index in [1.165, 1.54) is 0 Å². The summed E-state index contributed by atoms with van der Waals surface area (Å²) in [4.78, 5) is 21.7. The van der Waals surface area contributed by atoms with Crippen LogP contribution >= 0.6 is 0 Å². The number of carbonyl (C=O) groups excluding carboxylic acids is 2. The smallest absolute Gasteiger partial charge is 0.343 e. The zero-order valence-electron chi connectivity index (χ0n) is 5.91. The van der Waals surface area contributed by atoms with Gasteiger partial charge in [0, 0.05) is 6.61 Å². The van der Waals surface area contributed by atoms with E-state index in [4.69, 9.17) is 4.74 Å². The van der Waals surface area contributed by atoms with Crippen molar-refractivity contribution in [2.45, 2.75) is 18.9 Å². The minimum Gasteiger partial charge on any atom is -0.391 e. The van der Waals surface area contributed by atoms with E-state index in [-0.39, 0.29) is 5.92 Å². The Bertz CT molecular complexity index is 188. The van der Waals surface area contributed by atoms with Gasteiger partial charge in [0.25, 0.3) is 0 Å². The monoisotopic (exact) mass is 156 g/mol. The first-order valence-corrected chi connectivity index (χ1v) is 3.66. The lowest BCUT2D eigenvalue weighted by molar-refractivity contribution is -0.155. The van der Waals surface area contributed by atoms with E-state index in [1.807, 2.05) is 0 Å². The van der Waals surface area contributed by atoms with Crippen LogP contribution < -0.4 is 0 Å². The molecule has 0 saturated carbocycles. The van der Waals surface area contributed by atoms with Gasteiger partial charge in [-0.05, 0) is 12.8 Å². The maximum Gasteiger partial charge on any atom is 0.343 e. The molecule has 2 fully saturated rings. The molecule has 4 nitrogen and oxygen atoms in total. The number of ether oxygens (including phenoxy) is 2. The Balaban J connectivity index is 2.19. The van der Waals surface area contributed by atoms with Crippen molar-refractivity contribution in [3.8, 4) is 0 Å². The number of hydrogen-bond acceptors (Lipinski definition) is 4. The summed E-state index contributed by atoms with van der Waals surface area (Å²) in [6.07, 6.45) is 0.954. The van der Waals surface area contributed by atoms with Crippen LogP contribution in [0.5, 0.6) is 0 Å². The van der Waals surface area contributed by atoms with Crippen LogP contribution in [0.4, 0.5) is 0 Å². The molecular formula is C7H8O4. The van der Waals surface area contributed by atoms with Gasteiger partial charge in [0.1, 0.15) is 0 Å². The Morgan fingerprint density at radius 3 is 2.82 bits per heavy atom. The molecule has 60 valence electrons. The molecule has 0 aliphatic carbocycles. The average molecular weight is 156 g/mol. The molecule has 0 spiro atoms. The van der Waals surface area contributed by atoms with Gasteiger partial charge in [0.05, 0.1) is 5.92 Å². The van der Waals surface area contributed by atoms with Crippen LogP contribution in [0.25, 0.3) is 0 Å². The summed E-state index contributed by atoms with van der Waals surface area (Å²) in [5.41, 5.74) is 0. The third-order valence-corrected chi connectivity index (χ3v) is 2.06. The Labute approximate surface area is 63.5 Å². The van der Waals surface area contributed by atoms with Crippen LogP contribution in [-0.4, -0.2) is 24.6 Å². The van der Waals surface area contributed by atoms with Gasteiger partial charge in [0.2, 0.25) is 0 Å². The normalized spacial score (nSPS) is 36.7. The number of rotatable bonds is 0. The van der Waals surface area contributed by atoms with Gasteiger partial charge in [-0.1, -0.05) is 0 Å². The Hall–Kier alpha value is -0.900. The molecule has 2 heterocycles. The SMILES string of the molecule is O=C1OC(=O)C2OCCCC12. The molecule has 2 aliphatic heterocycles. The first kappa shape index (κ1) is 6.79. The topological polar surface area (TPSA) is 52.6 Å². The summed E-state index contributed by atoms with van der Waals surface area (Å²) in [7, 11) is 0. The predicted molar refractivity (Wildman–Crippen MR) is 33.6 cm³/mol. The van der Waals surface area contributed by atoms with E-state index in [9.17, 15) is 9.59 Å². The van der Waals surface area contributed by atoms with Gasteiger partial charge in [0.15, 0.2) is 6.10 Å². The molecule has 0 amide bonds. The standard InChI is InChI=1S/C7H8O4/c8-6-4-2-1-3-10-5(4)7(9)11-6/h4-5H,1-3H2. The Kier molecular flexibility index (Phi) is 1.42. The third-order valence-electron chi connectivity index (χ3n) is 2.06. The van der Waals surface area contributed by atoms with E-state index >= 15 is 0 Å². The maximum absolute atomic E-state index is 10.9. The van der Waals surface area contributed by atoms with Gasteiger partial charge in [-0.3, -0.25) is 4.79 Å². The number of fused-ring (bicyclic) bond motifs is 1. The predicted octanol–water partition coefficient (Wildman–Crippen LogP) is -0.135. The van der Waals surface area contributed by atoms with Crippen molar-refractivity contribution in [2.75, 3.05) is 6.61 Å². The molecule has 0 aromatic carbocycles. The highest BCUT2D eigenvalue weighted by atomic mass is 16.6. The fourth-order valence-corrected chi connectivity index (χ4v) is 1.49. The van der Waals surface area contributed by atoms with Gasteiger partial charge in [-0.25, -0.2) is 4.79 Å². The molecule has 2 unspecified atom stereocenters. The molecule has 2 rings (SSSR count). The fourth-order valence-electron chi connectivity index (χ4n) is 1.49. The lowest BCUT2D eigenvalue weighted by Gasteiger charge is -2.19. The van der Waals surface area contributed by atoms with Crippen molar-refractivity contribution in [3.63, 3.8) is 0 Å². The second kappa shape index (κ2) is 2.30. The molecule has 2 saturated heterocycles. The van der Waals surface area contributed by atoms with Crippen molar-refractivity contribution in [1.29, 1.82) is 0 Å². The molecule has 0 aromatic heterocycles. The Morgan fingerprint density at radius 2 is 2.09 bits per heavy atom. The van der Waals surface area contributed by atoms with Gasteiger partial charge in [-0.15, -0.1) is 0 Å². The molecule has 0 aromatic rings. The summed E-state index contributed by atoms with van der Waals surface area (Å²) >= 11 is 0. The molecule has 2 atom stereocenters. The molecule has 0 N–H and O–H groups in total. The molecule has 4 heteroatoms. The largest absolute Gasteiger partial charge is 0.391 e. The zero-order chi connectivity index (χ0) is 7.84. The highest BCUT2D eigenvalue weighted by Gasteiger charge is 2.46. The molecule has 0 radical (unpaired) electrons. The second-order valence-corrected chi connectivity index (χ2v) is 2.78. The van der Waals surface area contributed by atoms with E-state index < -0.39 is 18.0 Å².